The highest BCUT2D eigenvalue weighted by Gasteiger charge is 2.16. The third-order valence-corrected chi connectivity index (χ3v) is 4.96. The van der Waals surface area contributed by atoms with E-state index in [4.69, 9.17) is 9.47 Å². The summed E-state index contributed by atoms with van der Waals surface area (Å²) in [4.78, 5) is 16.9. The molecule has 25 heavy (non-hydrogen) atoms. The second-order valence-electron chi connectivity index (χ2n) is 5.36. The lowest BCUT2D eigenvalue weighted by Crippen LogP contribution is -2.17. The maximum atomic E-state index is 12.4. The number of aromatic nitrogens is 1. The van der Waals surface area contributed by atoms with Crippen LogP contribution in [0.4, 0.5) is 5.13 Å². The van der Waals surface area contributed by atoms with Gasteiger partial charge in [-0.15, -0.1) is 11.3 Å². The number of anilines is 1. The molecule has 1 aromatic heterocycles. The van der Waals surface area contributed by atoms with Crippen LogP contribution in [0.2, 0.25) is 0 Å². The van der Waals surface area contributed by atoms with Crippen molar-refractivity contribution in [3.8, 4) is 22.8 Å². The van der Waals surface area contributed by atoms with E-state index in [1.807, 2.05) is 29.6 Å². The zero-order valence-electron chi connectivity index (χ0n) is 13.0. The summed E-state index contributed by atoms with van der Waals surface area (Å²) in [5.74, 6) is 1.02. The Morgan fingerprint density at radius 1 is 1.08 bits per heavy atom. The predicted octanol–water partition coefficient (Wildman–Crippen LogP) is 4.60. The highest BCUT2D eigenvalue weighted by molar-refractivity contribution is 9.10. The molecular formula is C18H13BrN2O3S. The Morgan fingerprint density at radius 3 is 2.64 bits per heavy atom. The zero-order chi connectivity index (χ0) is 17.2. The molecule has 0 saturated carbocycles. The minimum absolute atomic E-state index is 0.228. The van der Waals surface area contributed by atoms with E-state index in [1.165, 1.54) is 11.3 Å². The SMILES string of the molecule is O=C(Nc1nc(-c2ccc(Br)cc2)cs1)c1ccc2c(c1)OCCO2. The monoisotopic (exact) mass is 416 g/mol. The molecule has 4 rings (SSSR count). The van der Waals surface area contributed by atoms with Crippen LogP contribution in [-0.4, -0.2) is 24.1 Å². The molecule has 0 bridgehead atoms. The Bertz CT molecular complexity index is 924. The van der Waals surface area contributed by atoms with Gasteiger partial charge in [-0.2, -0.15) is 0 Å². The molecule has 0 radical (unpaired) electrons. The lowest BCUT2D eigenvalue weighted by atomic mass is 10.2. The number of nitrogens with zero attached hydrogens (tertiary/aromatic N) is 1. The van der Waals surface area contributed by atoms with Gasteiger partial charge in [-0.05, 0) is 30.3 Å². The fraction of sp³-hybridized carbons (Fsp3) is 0.111. The van der Waals surface area contributed by atoms with Crippen LogP contribution in [0.25, 0.3) is 11.3 Å². The number of thiazole rings is 1. The third kappa shape index (κ3) is 3.52. The number of hydrogen-bond acceptors (Lipinski definition) is 5. The summed E-state index contributed by atoms with van der Waals surface area (Å²) in [5.41, 5.74) is 2.33. The van der Waals surface area contributed by atoms with Crippen molar-refractivity contribution in [2.75, 3.05) is 18.5 Å². The zero-order valence-corrected chi connectivity index (χ0v) is 15.4. The number of rotatable bonds is 3. The molecule has 1 amide bonds. The van der Waals surface area contributed by atoms with Gasteiger partial charge in [0.15, 0.2) is 16.6 Å². The Labute approximate surface area is 156 Å². The Kier molecular flexibility index (Phi) is 4.42. The highest BCUT2D eigenvalue weighted by atomic mass is 79.9. The van der Waals surface area contributed by atoms with Crippen molar-refractivity contribution in [2.45, 2.75) is 0 Å². The minimum Gasteiger partial charge on any atom is -0.486 e. The van der Waals surface area contributed by atoms with Crippen LogP contribution < -0.4 is 14.8 Å². The van der Waals surface area contributed by atoms with Gasteiger partial charge < -0.3 is 9.47 Å². The maximum absolute atomic E-state index is 12.4. The van der Waals surface area contributed by atoms with Crippen LogP contribution in [-0.2, 0) is 0 Å². The number of fused-ring (bicyclic) bond motifs is 1. The van der Waals surface area contributed by atoms with E-state index in [-0.39, 0.29) is 5.91 Å². The Balaban J connectivity index is 1.50. The van der Waals surface area contributed by atoms with E-state index < -0.39 is 0 Å². The van der Waals surface area contributed by atoms with Crippen molar-refractivity contribution < 1.29 is 14.3 Å². The van der Waals surface area contributed by atoms with E-state index in [0.29, 0.717) is 35.4 Å². The molecule has 5 nitrogen and oxygen atoms in total. The molecule has 0 fully saturated rings. The van der Waals surface area contributed by atoms with Gasteiger partial charge in [-0.3, -0.25) is 10.1 Å². The average molecular weight is 417 g/mol. The molecule has 7 heteroatoms. The van der Waals surface area contributed by atoms with E-state index >= 15 is 0 Å². The first-order valence-electron chi connectivity index (χ1n) is 7.61. The van der Waals surface area contributed by atoms with E-state index in [2.05, 4.69) is 26.2 Å². The number of benzene rings is 2. The van der Waals surface area contributed by atoms with Crippen molar-refractivity contribution >= 4 is 38.3 Å². The maximum Gasteiger partial charge on any atom is 0.257 e. The molecule has 0 spiro atoms. The lowest BCUT2D eigenvalue weighted by Gasteiger charge is -2.18. The summed E-state index contributed by atoms with van der Waals surface area (Å²) in [7, 11) is 0. The molecule has 0 atom stereocenters. The van der Waals surface area contributed by atoms with Gasteiger partial charge in [0.25, 0.3) is 5.91 Å². The van der Waals surface area contributed by atoms with Crippen molar-refractivity contribution in [2.24, 2.45) is 0 Å². The largest absolute Gasteiger partial charge is 0.486 e. The van der Waals surface area contributed by atoms with Crippen LogP contribution in [0.5, 0.6) is 11.5 Å². The van der Waals surface area contributed by atoms with Crippen LogP contribution in [0.3, 0.4) is 0 Å². The van der Waals surface area contributed by atoms with Crippen LogP contribution in [0, 0.1) is 0 Å². The van der Waals surface area contributed by atoms with E-state index in [0.717, 1.165) is 15.7 Å². The number of amides is 1. The van der Waals surface area contributed by atoms with Gasteiger partial charge in [0.1, 0.15) is 13.2 Å². The summed E-state index contributed by atoms with van der Waals surface area (Å²) >= 11 is 4.80. The number of ether oxygens (including phenoxy) is 2. The smallest absolute Gasteiger partial charge is 0.257 e. The molecular weight excluding hydrogens is 404 g/mol. The summed E-state index contributed by atoms with van der Waals surface area (Å²) in [6.45, 7) is 1.01. The number of halogens is 1. The standard InChI is InChI=1S/C18H13BrN2O3S/c19-13-4-1-11(2-5-13)14-10-25-18(20-14)21-17(22)12-3-6-15-16(9-12)24-8-7-23-15/h1-6,9-10H,7-8H2,(H,20,21,22). The van der Waals surface area contributed by atoms with Crippen LogP contribution in [0.1, 0.15) is 10.4 Å². The van der Waals surface area contributed by atoms with Crippen LogP contribution >= 0.6 is 27.3 Å². The van der Waals surface area contributed by atoms with Gasteiger partial charge in [-0.25, -0.2) is 4.98 Å². The Morgan fingerprint density at radius 2 is 1.84 bits per heavy atom. The minimum atomic E-state index is -0.228. The molecule has 126 valence electrons. The molecule has 0 unspecified atom stereocenters. The molecule has 3 aromatic rings. The van der Waals surface area contributed by atoms with Gasteiger partial charge >= 0.3 is 0 Å². The first-order valence-corrected chi connectivity index (χ1v) is 9.29. The third-order valence-electron chi connectivity index (χ3n) is 3.67. The normalized spacial score (nSPS) is 12.7. The van der Waals surface area contributed by atoms with E-state index in [1.54, 1.807) is 18.2 Å². The average Bonchev–Trinajstić information content (AvgIpc) is 3.10. The number of carbonyl (C=O) groups is 1. The van der Waals surface area contributed by atoms with Crippen LogP contribution in [0.15, 0.2) is 52.3 Å². The molecule has 0 aliphatic carbocycles. The quantitative estimate of drug-likeness (QED) is 0.677. The number of carbonyl (C=O) groups excluding carboxylic acids is 1. The number of hydrogen-bond donors (Lipinski definition) is 1. The highest BCUT2D eigenvalue weighted by Crippen LogP contribution is 2.31. The molecule has 1 aliphatic rings. The van der Waals surface area contributed by atoms with Gasteiger partial charge in [-0.1, -0.05) is 28.1 Å². The fourth-order valence-electron chi connectivity index (χ4n) is 2.44. The fourth-order valence-corrected chi connectivity index (χ4v) is 3.42. The number of nitrogens with one attached hydrogen (secondary N) is 1. The lowest BCUT2D eigenvalue weighted by molar-refractivity contribution is 0.102. The van der Waals surface area contributed by atoms with Crippen molar-refractivity contribution in [3.63, 3.8) is 0 Å². The summed E-state index contributed by atoms with van der Waals surface area (Å²) in [6, 6.07) is 13.0. The second-order valence-corrected chi connectivity index (χ2v) is 7.13. The topological polar surface area (TPSA) is 60.5 Å². The summed E-state index contributed by atoms with van der Waals surface area (Å²) in [5, 5.41) is 5.30. The predicted molar refractivity (Wildman–Crippen MR) is 101 cm³/mol. The van der Waals surface area contributed by atoms with Gasteiger partial charge in [0, 0.05) is 21.0 Å². The Hall–Kier alpha value is -2.38. The molecule has 2 heterocycles. The molecule has 2 aromatic carbocycles. The molecule has 0 saturated heterocycles. The first-order chi connectivity index (χ1) is 12.2. The summed E-state index contributed by atoms with van der Waals surface area (Å²) < 4.78 is 12.0. The van der Waals surface area contributed by atoms with Crippen molar-refractivity contribution in [1.29, 1.82) is 0 Å². The van der Waals surface area contributed by atoms with Crippen molar-refractivity contribution in [1.82, 2.24) is 4.98 Å². The molecule has 1 N–H and O–H groups in total. The summed E-state index contributed by atoms with van der Waals surface area (Å²) in [6.07, 6.45) is 0. The molecule has 1 aliphatic heterocycles. The van der Waals surface area contributed by atoms with Gasteiger partial charge in [0.2, 0.25) is 0 Å². The second kappa shape index (κ2) is 6.85. The first kappa shape index (κ1) is 16.1. The van der Waals surface area contributed by atoms with Gasteiger partial charge in [0.05, 0.1) is 5.69 Å². The van der Waals surface area contributed by atoms with E-state index in [9.17, 15) is 4.79 Å². The van der Waals surface area contributed by atoms with Crippen molar-refractivity contribution in [3.05, 3.63) is 57.9 Å².